The van der Waals surface area contributed by atoms with Crippen molar-refractivity contribution in [3.63, 3.8) is 0 Å². The number of aromatic nitrogens is 2. The highest BCUT2D eigenvalue weighted by atomic mass is 32.1. The Kier molecular flexibility index (Phi) is 5.82. The summed E-state index contributed by atoms with van der Waals surface area (Å²) in [5.41, 5.74) is 2.30. The van der Waals surface area contributed by atoms with Gasteiger partial charge in [-0.3, -0.25) is 19.0 Å². The van der Waals surface area contributed by atoms with Gasteiger partial charge < -0.3 is 10.6 Å². The largest absolute Gasteiger partial charge is 0.348 e. The molecule has 1 aromatic carbocycles. The molecule has 1 saturated carbocycles. The molecule has 1 unspecified atom stereocenters. The first-order valence-electron chi connectivity index (χ1n) is 10.7. The van der Waals surface area contributed by atoms with Gasteiger partial charge in [0.15, 0.2) is 0 Å². The smallest absolute Gasteiger partial charge is 0.263 e. The second kappa shape index (κ2) is 8.92. The Morgan fingerprint density at radius 2 is 1.97 bits per heavy atom. The average molecular weight is 479 g/mol. The van der Waals surface area contributed by atoms with Crippen LogP contribution in [0.4, 0.5) is 5.69 Å². The van der Waals surface area contributed by atoms with Crippen LogP contribution in [0.3, 0.4) is 0 Å². The van der Waals surface area contributed by atoms with Gasteiger partial charge in [0.05, 0.1) is 17.8 Å². The molecule has 1 atom stereocenters. The predicted molar refractivity (Wildman–Crippen MR) is 132 cm³/mol. The Morgan fingerprint density at radius 1 is 1.18 bits per heavy atom. The van der Waals surface area contributed by atoms with Gasteiger partial charge in [0.2, 0.25) is 11.8 Å². The summed E-state index contributed by atoms with van der Waals surface area (Å²) >= 11 is 2.99. The van der Waals surface area contributed by atoms with Gasteiger partial charge >= 0.3 is 0 Å². The van der Waals surface area contributed by atoms with Gasteiger partial charge in [-0.05, 0) is 48.9 Å². The van der Waals surface area contributed by atoms with Crippen molar-refractivity contribution >= 4 is 50.4 Å². The quantitative estimate of drug-likeness (QED) is 0.411. The van der Waals surface area contributed by atoms with Crippen molar-refractivity contribution in [1.82, 2.24) is 14.9 Å². The number of anilines is 1. The van der Waals surface area contributed by atoms with Crippen molar-refractivity contribution in [2.45, 2.75) is 32.4 Å². The molecule has 1 aliphatic carbocycles. The van der Waals surface area contributed by atoms with Gasteiger partial charge in [0.1, 0.15) is 11.4 Å². The number of nitrogens with zero attached hydrogens (tertiary/aromatic N) is 2. The number of hydrogen-bond donors (Lipinski definition) is 2. The zero-order valence-corrected chi connectivity index (χ0v) is 19.5. The lowest BCUT2D eigenvalue weighted by atomic mass is 10.1. The molecule has 5 rings (SSSR count). The fourth-order valence-corrected chi connectivity index (χ4v) is 5.38. The summed E-state index contributed by atoms with van der Waals surface area (Å²) in [6.45, 7) is 1.77. The molecule has 0 radical (unpaired) electrons. The van der Waals surface area contributed by atoms with Crippen LogP contribution in [-0.2, 0) is 16.1 Å². The molecule has 0 spiro atoms. The van der Waals surface area contributed by atoms with Gasteiger partial charge in [0, 0.05) is 27.4 Å². The maximum absolute atomic E-state index is 13.1. The van der Waals surface area contributed by atoms with E-state index in [1.807, 2.05) is 54.1 Å². The second-order valence-corrected chi connectivity index (χ2v) is 9.96. The normalized spacial score (nSPS) is 14.2. The number of carbonyl (C=O) groups is 2. The number of thiophene rings is 2. The average Bonchev–Trinajstić information content (AvgIpc) is 3.34. The van der Waals surface area contributed by atoms with Crippen LogP contribution in [-0.4, -0.2) is 21.4 Å². The number of rotatable bonds is 7. The summed E-state index contributed by atoms with van der Waals surface area (Å²) in [6, 6.07) is 11.1. The van der Waals surface area contributed by atoms with E-state index in [1.165, 1.54) is 22.2 Å². The summed E-state index contributed by atoms with van der Waals surface area (Å²) < 4.78 is 1.35. The summed E-state index contributed by atoms with van der Waals surface area (Å²) in [7, 11) is 0. The van der Waals surface area contributed by atoms with Gasteiger partial charge in [-0.1, -0.05) is 18.2 Å². The van der Waals surface area contributed by atoms with E-state index in [-0.39, 0.29) is 35.9 Å². The third-order valence-electron chi connectivity index (χ3n) is 5.67. The van der Waals surface area contributed by atoms with Crippen molar-refractivity contribution < 1.29 is 9.59 Å². The van der Waals surface area contributed by atoms with Crippen LogP contribution >= 0.6 is 22.7 Å². The van der Waals surface area contributed by atoms with E-state index in [1.54, 1.807) is 11.3 Å². The molecule has 168 valence electrons. The van der Waals surface area contributed by atoms with Gasteiger partial charge in [0.25, 0.3) is 5.56 Å². The van der Waals surface area contributed by atoms with E-state index >= 15 is 0 Å². The fraction of sp³-hybridized carbons (Fsp3) is 0.250. The number of amides is 2. The molecule has 1 aliphatic rings. The zero-order chi connectivity index (χ0) is 22.9. The summed E-state index contributed by atoms with van der Waals surface area (Å²) in [5.74, 6) is -0.0618. The molecule has 4 aromatic rings. The van der Waals surface area contributed by atoms with Crippen LogP contribution in [0.1, 0.15) is 31.4 Å². The molecule has 0 bridgehead atoms. The Morgan fingerprint density at radius 3 is 2.67 bits per heavy atom. The highest BCUT2D eigenvalue weighted by Crippen LogP contribution is 2.33. The molecule has 0 saturated heterocycles. The first-order valence-corrected chi connectivity index (χ1v) is 12.5. The first kappa shape index (κ1) is 21.5. The van der Waals surface area contributed by atoms with E-state index < -0.39 is 0 Å². The standard InChI is InChI=1S/C24H22N4O3S2/c1-14(15-6-8-17(9-7-15)27-22(30)16-4-5-16)26-20(29)11-28-13-25-23-21(24(28)31)18(12-33-23)19-3-2-10-32-19/h2-3,6-10,12-14,16H,4-5,11H2,1H3,(H,26,29)(H,27,30). The number of nitrogens with one attached hydrogen (secondary N) is 2. The number of hydrogen-bond acceptors (Lipinski definition) is 6. The van der Waals surface area contributed by atoms with Crippen LogP contribution < -0.4 is 16.2 Å². The molecule has 33 heavy (non-hydrogen) atoms. The van der Waals surface area contributed by atoms with E-state index in [0.29, 0.717) is 10.2 Å². The molecular weight excluding hydrogens is 456 g/mol. The summed E-state index contributed by atoms with van der Waals surface area (Å²) in [4.78, 5) is 43.7. The first-order chi connectivity index (χ1) is 16.0. The lowest BCUT2D eigenvalue weighted by Gasteiger charge is -2.15. The lowest BCUT2D eigenvalue weighted by Crippen LogP contribution is -2.33. The Labute approximate surface area is 198 Å². The van der Waals surface area contributed by atoms with E-state index in [2.05, 4.69) is 15.6 Å². The minimum Gasteiger partial charge on any atom is -0.348 e. The van der Waals surface area contributed by atoms with E-state index in [4.69, 9.17) is 0 Å². The van der Waals surface area contributed by atoms with Crippen molar-refractivity contribution in [3.05, 3.63) is 69.4 Å². The zero-order valence-electron chi connectivity index (χ0n) is 17.9. The highest BCUT2D eigenvalue weighted by Gasteiger charge is 2.29. The maximum Gasteiger partial charge on any atom is 0.263 e. The topological polar surface area (TPSA) is 93.1 Å². The van der Waals surface area contributed by atoms with Crippen molar-refractivity contribution in [2.24, 2.45) is 5.92 Å². The van der Waals surface area contributed by atoms with Crippen molar-refractivity contribution in [2.75, 3.05) is 5.32 Å². The van der Waals surface area contributed by atoms with Crippen LogP contribution in [0.15, 0.2) is 58.3 Å². The van der Waals surface area contributed by atoms with Crippen LogP contribution in [0.2, 0.25) is 0 Å². The van der Waals surface area contributed by atoms with Gasteiger partial charge in [-0.25, -0.2) is 4.98 Å². The molecule has 2 amide bonds. The van der Waals surface area contributed by atoms with E-state index in [9.17, 15) is 14.4 Å². The Balaban J connectivity index is 1.27. The molecule has 3 aromatic heterocycles. The monoisotopic (exact) mass is 478 g/mol. The minimum absolute atomic E-state index is 0.0629. The highest BCUT2D eigenvalue weighted by molar-refractivity contribution is 7.18. The van der Waals surface area contributed by atoms with Crippen molar-refractivity contribution in [1.29, 1.82) is 0 Å². The van der Waals surface area contributed by atoms with Crippen LogP contribution in [0.25, 0.3) is 20.7 Å². The van der Waals surface area contributed by atoms with E-state index in [0.717, 1.165) is 34.5 Å². The molecule has 9 heteroatoms. The third kappa shape index (κ3) is 4.60. The van der Waals surface area contributed by atoms with Crippen LogP contribution in [0, 0.1) is 5.92 Å². The Bertz CT molecular complexity index is 1370. The second-order valence-electron chi connectivity index (χ2n) is 8.16. The lowest BCUT2D eigenvalue weighted by molar-refractivity contribution is -0.122. The molecule has 7 nitrogen and oxygen atoms in total. The molecular formula is C24H22N4O3S2. The number of benzene rings is 1. The maximum atomic E-state index is 13.1. The predicted octanol–water partition coefficient (Wildman–Crippen LogP) is 4.41. The molecule has 2 N–H and O–H groups in total. The summed E-state index contributed by atoms with van der Waals surface area (Å²) in [5, 5.41) is 10.3. The molecule has 0 aliphatic heterocycles. The number of fused-ring (bicyclic) bond motifs is 1. The Hall–Kier alpha value is -3.30. The van der Waals surface area contributed by atoms with Crippen LogP contribution in [0.5, 0.6) is 0 Å². The molecule has 3 heterocycles. The summed E-state index contributed by atoms with van der Waals surface area (Å²) in [6.07, 6.45) is 3.35. The SMILES string of the molecule is CC(NC(=O)Cn1cnc2scc(-c3cccs3)c2c1=O)c1ccc(NC(=O)C2CC2)cc1. The molecule has 1 fully saturated rings. The van der Waals surface area contributed by atoms with Crippen molar-refractivity contribution in [3.8, 4) is 10.4 Å². The van der Waals surface area contributed by atoms with Gasteiger partial charge in [-0.2, -0.15) is 0 Å². The fourth-order valence-electron chi connectivity index (χ4n) is 3.66. The van der Waals surface area contributed by atoms with Gasteiger partial charge in [-0.15, -0.1) is 22.7 Å². The minimum atomic E-state index is -0.273. The third-order valence-corrected chi connectivity index (χ3v) is 7.45. The number of carbonyl (C=O) groups excluding carboxylic acids is 2.